The third-order valence-electron chi connectivity index (χ3n) is 0.391. The number of nitrogens with one attached hydrogen (secondary N) is 1. The van der Waals surface area contributed by atoms with Crippen LogP contribution < -0.4 is 5.73 Å². The van der Waals surface area contributed by atoms with Crippen molar-refractivity contribution in [2.24, 2.45) is 5.73 Å². The van der Waals surface area contributed by atoms with Crippen molar-refractivity contribution >= 4 is 5.84 Å². The molecule has 3 heteroatoms. The third kappa shape index (κ3) is 4.52. The Labute approximate surface area is 47.6 Å². The fraction of sp³-hybridized carbons (Fsp3) is 0.200. The molecule has 0 radical (unpaired) electrons. The van der Waals surface area contributed by atoms with Crippen LogP contribution >= 0.6 is 0 Å². The van der Waals surface area contributed by atoms with E-state index in [1.165, 1.54) is 0 Å². The Kier molecular flexibility index (Phi) is 3.02. The van der Waals surface area contributed by atoms with Crippen molar-refractivity contribution in [2.45, 2.75) is 6.42 Å². The minimum Gasteiger partial charge on any atom is -0.377 e. The molecular weight excluding hydrogens is 102 g/mol. The van der Waals surface area contributed by atoms with Gasteiger partial charge < -0.3 is 5.73 Å². The van der Waals surface area contributed by atoms with E-state index < -0.39 is 0 Å². The summed E-state index contributed by atoms with van der Waals surface area (Å²) in [7, 11) is 0. The van der Waals surface area contributed by atoms with Gasteiger partial charge in [0.25, 0.3) is 0 Å². The maximum Gasteiger partial charge on any atom is 0.168 e. The predicted molar refractivity (Wildman–Crippen MR) is 29.9 cm³/mol. The molecule has 40 valence electrons. The molecule has 0 atom stereocenters. The van der Waals surface area contributed by atoms with Gasteiger partial charge in [0.1, 0.15) is 0 Å². The Hall–Kier alpha value is -1.48. The van der Waals surface area contributed by atoms with Gasteiger partial charge in [0.2, 0.25) is 0 Å². The lowest BCUT2D eigenvalue weighted by Crippen LogP contribution is -2.04. The highest BCUT2D eigenvalue weighted by atomic mass is 14.7. The second kappa shape index (κ2) is 3.70. The molecule has 0 aromatic rings. The normalized spacial score (nSPS) is 5.88. The van der Waals surface area contributed by atoms with Gasteiger partial charge in [-0.1, -0.05) is 5.92 Å². The minimum atomic E-state index is -0.194. The lowest BCUT2D eigenvalue weighted by Gasteiger charge is -1.72. The first kappa shape index (κ1) is 6.52. The van der Waals surface area contributed by atoms with E-state index in [9.17, 15) is 0 Å². The Bertz CT molecular complexity index is 176. The lowest BCUT2D eigenvalue weighted by molar-refractivity contribution is 1.39. The van der Waals surface area contributed by atoms with Crippen molar-refractivity contribution in [3.05, 3.63) is 0 Å². The molecule has 0 heterocycles. The van der Waals surface area contributed by atoms with Crippen molar-refractivity contribution in [3.63, 3.8) is 0 Å². The molecule has 0 amide bonds. The summed E-state index contributed by atoms with van der Waals surface area (Å²) < 4.78 is 0. The van der Waals surface area contributed by atoms with Crippen LogP contribution in [0.4, 0.5) is 0 Å². The number of nitriles is 1. The van der Waals surface area contributed by atoms with Crippen LogP contribution in [-0.2, 0) is 0 Å². The highest BCUT2D eigenvalue weighted by molar-refractivity contribution is 5.94. The molecule has 0 bridgehead atoms. The van der Waals surface area contributed by atoms with E-state index in [-0.39, 0.29) is 12.3 Å². The molecular formula is C5H5N3. The molecule has 0 aromatic heterocycles. The molecule has 3 nitrogen and oxygen atoms in total. The zero-order valence-electron chi connectivity index (χ0n) is 4.23. The maximum absolute atomic E-state index is 7.92. The summed E-state index contributed by atoms with van der Waals surface area (Å²) in [5.41, 5.74) is 4.83. The molecule has 0 aliphatic heterocycles. The molecule has 0 unspecified atom stereocenters. The van der Waals surface area contributed by atoms with E-state index in [1.807, 2.05) is 0 Å². The number of hydrogen-bond acceptors (Lipinski definition) is 2. The lowest BCUT2D eigenvalue weighted by atomic mass is 10.4. The summed E-state index contributed by atoms with van der Waals surface area (Å²) >= 11 is 0. The average Bonchev–Trinajstić information content (AvgIpc) is 1.66. The molecule has 8 heavy (non-hydrogen) atoms. The Morgan fingerprint density at radius 3 is 2.75 bits per heavy atom. The van der Waals surface area contributed by atoms with Gasteiger partial charge in [0, 0.05) is 0 Å². The molecule has 0 saturated heterocycles. The van der Waals surface area contributed by atoms with Crippen LogP contribution in [-0.4, -0.2) is 5.84 Å². The maximum atomic E-state index is 7.92. The van der Waals surface area contributed by atoms with Crippen LogP contribution in [0, 0.1) is 28.6 Å². The summed E-state index contributed by atoms with van der Waals surface area (Å²) in [6.45, 7) is 0. The van der Waals surface area contributed by atoms with E-state index in [0.29, 0.717) is 0 Å². The smallest absolute Gasteiger partial charge is 0.168 e. The van der Waals surface area contributed by atoms with Crippen LogP contribution in [0.2, 0.25) is 0 Å². The monoisotopic (exact) mass is 107 g/mol. The van der Waals surface area contributed by atoms with Crippen molar-refractivity contribution in [2.75, 3.05) is 0 Å². The fourth-order valence-corrected chi connectivity index (χ4v) is 0.179. The quantitative estimate of drug-likeness (QED) is 0.256. The molecule has 0 rings (SSSR count). The SMILES string of the molecule is N#CCC#CC(=N)N. The minimum absolute atomic E-state index is 0.138. The highest BCUT2D eigenvalue weighted by Crippen LogP contribution is 1.65. The summed E-state index contributed by atoms with van der Waals surface area (Å²) in [4.78, 5) is 0. The predicted octanol–water partition coefficient (Wildman–Crippen LogP) is -0.161. The van der Waals surface area contributed by atoms with Gasteiger partial charge in [-0.05, 0) is 5.92 Å². The molecule has 0 fully saturated rings. The van der Waals surface area contributed by atoms with Gasteiger partial charge in [-0.25, -0.2) is 0 Å². The second-order valence-corrected chi connectivity index (χ2v) is 1.05. The standard InChI is InChI=1S/C5H5N3/c6-4-2-1-3-5(7)8/h2H2,(H3,7,8). The van der Waals surface area contributed by atoms with Gasteiger partial charge in [-0.2, -0.15) is 5.26 Å². The summed E-state index contributed by atoms with van der Waals surface area (Å²) in [5.74, 6) is 4.41. The first-order valence-electron chi connectivity index (χ1n) is 1.97. The van der Waals surface area contributed by atoms with E-state index >= 15 is 0 Å². The highest BCUT2D eigenvalue weighted by Gasteiger charge is 1.71. The molecule has 0 aromatic carbocycles. The summed E-state index contributed by atoms with van der Waals surface area (Å²) in [5, 5.41) is 14.5. The van der Waals surface area contributed by atoms with Gasteiger partial charge in [-0.15, -0.1) is 0 Å². The molecule has 0 saturated carbocycles. The Morgan fingerprint density at radius 1 is 1.75 bits per heavy atom. The Morgan fingerprint density at radius 2 is 2.38 bits per heavy atom. The summed E-state index contributed by atoms with van der Waals surface area (Å²) in [6.07, 6.45) is 0.138. The molecule has 0 spiro atoms. The Balaban J connectivity index is 3.55. The van der Waals surface area contributed by atoms with Crippen LogP contribution in [0.25, 0.3) is 0 Å². The number of amidine groups is 1. The second-order valence-electron chi connectivity index (χ2n) is 1.05. The zero-order chi connectivity index (χ0) is 6.41. The molecule has 0 aliphatic carbocycles. The zero-order valence-corrected chi connectivity index (χ0v) is 4.23. The average molecular weight is 107 g/mol. The van der Waals surface area contributed by atoms with Gasteiger partial charge in [-0.3, -0.25) is 5.41 Å². The van der Waals surface area contributed by atoms with Crippen molar-refractivity contribution < 1.29 is 0 Å². The number of rotatable bonds is 0. The van der Waals surface area contributed by atoms with E-state index in [2.05, 4.69) is 11.8 Å². The first-order chi connectivity index (χ1) is 3.77. The van der Waals surface area contributed by atoms with Crippen LogP contribution in [0.1, 0.15) is 6.42 Å². The summed E-state index contributed by atoms with van der Waals surface area (Å²) in [6, 6.07) is 1.80. The van der Waals surface area contributed by atoms with E-state index in [4.69, 9.17) is 16.4 Å². The van der Waals surface area contributed by atoms with Crippen molar-refractivity contribution in [3.8, 4) is 17.9 Å². The number of hydrogen-bond donors (Lipinski definition) is 2. The third-order valence-corrected chi connectivity index (χ3v) is 0.391. The van der Waals surface area contributed by atoms with Crippen LogP contribution in [0.5, 0.6) is 0 Å². The van der Waals surface area contributed by atoms with E-state index in [1.54, 1.807) is 6.07 Å². The van der Waals surface area contributed by atoms with E-state index in [0.717, 1.165) is 0 Å². The molecule has 0 aliphatic rings. The van der Waals surface area contributed by atoms with Crippen LogP contribution in [0.15, 0.2) is 0 Å². The topological polar surface area (TPSA) is 73.7 Å². The first-order valence-corrected chi connectivity index (χ1v) is 1.97. The van der Waals surface area contributed by atoms with Gasteiger partial charge in [0.05, 0.1) is 12.5 Å². The van der Waals surface area contributed by atoms with Crippen molar-refractivity contribution in [1.82, 2.24) is 0 Å². The van der Waals surface area contributed by atoms with Crippen LogP contribution in [0.3, 0.4) is 0 Å². The van der Waals surface area contributed by atoms with Crippen molar-refractivity contribution in [1.29, 1.82) is 10.7 Å². The van der Waals surface area contributed by atoms with Gasteiger partial charge in [0.15, 0.2) is 5.84 Å². The number of nitrogens with zero attached hydrogens (tertiary/aromatic N) is 1. The van der Waals surface area contributed by atoms with Gasteiger partial charge >= 0.3 is 0 Å². The molecule has 3 N–H and O–H groups in total. The fourth-order valence-electron chi connectivity index (χ4n) is 0.179. The number of nitrogens with two attached hydrogens (primary N) is 1. The largest absolute Gasteiger partial charge is 0.377 e.